The molecule has 2 N–H and O–H groups in total. The maximum absolute atomic E-state index is 6.14. The predicted octanol–water partition coefficient (Wildman–Crippen LogP) is 2.75. The van der Waals surface area contributed by atoms with Gasteiger partial charge in [-0.05, 0) is 38.3 Å². The van der Waals surface area contributed by atoms with E-state index in [0.717, 1.165) is 63.0 Å². The highest BCUT2D eigenvalue weighted by molar-refractivity contribution is 5.79. The van der Waals surface area contributed by atoms with Gasteiger partial charge in [0.05, 0.1) is 26.1 Å². The zero-order valence-corrected chi connectivity index (χ0v) is 17.6. The molecule has 1 aliphatic heterocycles. The molecule has 0 bridgehead atoms. The fourth-order valence-electron chi connectivity index (χ4n) is 3.24. The smallest absolute Gasteiger partial charge is 0.191 e. The van der Waals surface area contributed by atoms with Crippen LogP contribution < -0.4 is 15.4 Å². The number of guanidine groups is 1. The van der Waals surface area contributed by atoms with Crippen LogP contribution in [0.25, 0.3) is 0 Å². The molecule has 1 saturated heterocycles. The average Bonchev–Trinajstić information content (AvgIpc) is 3.42. The van der Waals surface area contributed by atoms with Crippen molar-refractivity contribution in [1.82, 2.24) is 20.2 Å². The van der Waals surface area contributed by atoms with E-state index in [4.69, 9.17) is 14.5 Å². The van der Waals surface area contributed by atoms with E-state index >= 15 is 0 Å². The monoisotopic (exact) mass is 399 g/mol. The second-order valence-electron chi connectivity index (χ2n) is 7.43. The summed E-state index contributed by atoms with van der Waals surface area (Å²) in [5.41, 5.74) is 2.30. The lowest BCUT2D eigenvalue weighted by atomic mass is 10.1. The molecule has 3 rings (SSSR count). The molecule has 1 aliphatic rings. The third-order valence-electron chi connectivity index (χ3n) is 4.92. The molecule has 1 fully saturated rings. The number of aliphatic imine (C=N–C) groups is 1. The zero-order chi connectivity index (χ0) is 20.3. The van der Waals surface area contributed by atoms with Crippen molar-refractivity contribution in [1.29, 1.82) is 0 Å². The van der Waals surface area contributed by atoms with Crippen LogP contribution in [-0.2, 0) is 17.8 Å². The van der Waals surface area contributed by atoms with Crippen LogP contribution in [-0.4, -0.2) is 48.4 Å². The highest BCUT2D eigenvalue weighted by Gasteiger charge is 2.17. The number of rotatable bonds is 10. The molecule has 158 valence electrons. The van der Waals surface area contributed by atoms with Gasteiger partial charge in [-0.1, -0.05) is 12.1 Å². The summed E-state index contributed by atoms with van der Waals surface area (Å²) in [7, 11) is 0. The summed E-state index contributed by atoms with van der Waals surface area (Å²) in [4.78, 5) is 8.83. The molecular weight excluding hydrogens is 366 g/mol. The SMILES string of the molecule is CCNC(=NCc1ccc(C)cc1OCC1CCOC1)NCCCn1ccnc1. The lowest BCUT2D eigenvalue weighted by Gasteiger charge is -2.15. The van der Waals surface area contributed by atoms with Crippen LogP contribution >= 0.6 is 0 Å². The van der Waals surface area contributed by atoms with Crippen LogP contribution in [0.2, 0.25) is 0 Å². The lowest BCUT2D eigenvalue weighted by molar-refractivity contribution is 0.166. The fourth-order valence-corrected chi connectivity index (χ4v) is 3.24. The van der Waals surface area contributed by atoms with Crippen LogP contribution in [0.1, 0.15) is 30.9 Å². The third-order valence-corrected chi connectivity index (χ3v) is 4.92. The first-order valence-corrected chi connectivity index (χ1v) is 10.5. The van der Waals surface area contributed by atoms with Crippen molar-refractivity contribution < 1.29 is 9.47 Å². The average molecular weight is 400 g/mol. The second kappa shape index (κ2) is 11.5. The molecule has 2 heterocycles. The van der Waals surface area contributed by atoms with E-state index in [1.165, 1.54) is 5.56 Å². The molecule has 0 amide bonds. The standard InChI is InChI=1S/C22H33N5O2/c1-3-24-22(25-8-4-10-27-11-9-23-17-27)26-14-20-6-5-18(2)13-21(20)29-16-19-7-12-28-15-19/h5-6,9,11,13,17,19H,3-4,7-8,10,12,14-16H2,1-2H3,(H2,24,25,26). The van der Waals surface area contributed by atoms with Crippen LogP contribution in [0.15, 0.2) is 41.9 Å². The van der Waals surface area contributed by atoms with Gasteiger partial charge in [0.15, 0.2) is 5.96 Å². The van der Waals surface area contributed by atoms with Crippen molar-refractivity contribution in [2.75, 3.05) is 32.9 Å². The van der Waals surface area contributed by atoms with Crippen molar-refractivity contribution in [3.8, 4) is 5.75 Å². The first-order valence-electron chi connectivity index (χ1n) is 10.5. The van der Waals surface area contributed by atoms with Crippen molar-refractivity contribution in [3.63, 3.8) is 0 Å². The van der Waals surface area contributed by atoms with Crippen molar-refractivity contribution >= 4 is 5.96 Å². The number of imidazole rings is 1. The minimum absolute atomic E-state index is 0.487. The van der Waals surface area contributed by atoms with E-state index in [9.17, 15) is 0 Å². The van der Waals surface area contributed by atoms with Crippen molar-refractivity contribution in [3.05, 3.63) is 48.0 Å². The van der Waals surface area contributed by atoms with E-state index in [1.807, 2.05) is 12.5 Å². The molecule has 1 unspecified atom stereocenters. The highest BCUT2D eigenvalue weighted by atomic mass is 16.5. The Morgan fingerprint density at radius 1 is 1.38 bits per heavy atom. The number of aryl methyl sites for hydroxylation is 2. The zero-order valence-electron chi connectivity index (χ0n) is 17.6. The number of ether oxygens (including phenoxy) is 2. The molecule has 29 heavy (non-hydrogen) atoms. The molecule has 1 aromatic carbocycles. The molecule has 2 aromatic rings. The maximum atomic E-state index is 6.14. The molecule has 1 atom stereocenters. The van der Waals surface area contributed by atoms with Crippen molar-refractivity contribution in [2.24, 2.45) is 10.9 Å². The lowest BCUT2D eigenvalue weighted by Crippen LogP contribution is -2.38. The van der Waals surface area contributed by atoms with Crippen LogP contribution in [0, 0.1) is 12.8 Å². The summed E-state index contributed by atoms with van der Waals surface area (Å²) < 4.78 is 13.7. The molecule has 7 heteroatoms. The van der Waals surface area contributed by atoms with Crippen LogP contribution in [0.4, 0.5) is 0 Å². The van der Waals surface area contributed by atoms with E-state index in [1.54, 1.807) is 6.20 Å². The Balaban J connectivity index is 1.54. The van der Waals surface area contributed by atoms with Gasteiger partial charge in [-0.15, -0.1) is 0 Å². The van der Waals surface area contributed by atoms with E-state index in [-0.39, 0.29) is 0 Å². The molecule has 0 radical (unpaired) electrons. The van der Waals surface area contributed by atoms with Gasteiger partial charge in [0.1, 0.15) is 5.75 Å². The minimum atomic E-state index is 0.487. The number of hydrogen-bond acceptors (Lipinski definition) is 4. The number of benzene rings is 1. The fraction of sp³-hybridized carbons (Fsp3) is 0.545. The normalized spacial score (nSPS) is 16.8. The van der Waals surface area contributed by atoms with Crippen molar-refractivity contribution in [2.45, 2.75) is 39.8 Å². The van der Waals surface area contributed by atoms with Crippen LogP contribution in [0.5, 0.6) is 5.75 Å². The Morgan fingerprint density at radius 3 is 3.07 bits per heavy atom. The van der Waals surface area contributed by atoms with Gasteiger partial charge in [0, 0.05) is 50.1 Å². The quantitative estimate of drug-likeness (QED) is 0.365. The Morgan fingerprint density at radius 2 is 2.31 bits per heavy atom. The Hall–Kier alpha value is -2.54. The number of nitrogens with zero attached hydrogens (tertiary/aromatic N) is 3. The van der Waals surface area contributed by atoms with Gasteiger partial charge >= 0.3 is 0 Å². The van der Waals surface area contributed by atoms with Gasteiger partial charge in [-0.3, -0.25) is 0 Å². The van der Waals surface area contributed by atoms with E-state index in [2.05, 4.69) is 52.2 Å². The number of hydrogen-bond donors (Lipinski definition) is 2. The summed E-state index contributed by atoms with van der Waals surface area (Å²) in [6.07, 6.45) is 7.71. The Kier molecular flexibility index (Phi) is 8.37. The second-order valence-corrected chi connectivity index (χ2v) is 7.43. The van der Waals surface area contributed by atoms with Gasteiger partial charge < -0.3 is 24.7 Å². The van der Waals surface area contributed by atoms with Gasteiger partial charge in [-0.25, -0.2) is 9.98 Å². The molecule has 1 aromatic heterocycles. The highest BCUT2D eigenvalue weighted by Crippen LogP contribution is 2.23. The molecule has 0 spiro atoms. The minimum Gasteiger partial charge on any atom is -0.493 e. The number of aromatic nitrogens is 2. The summed E-state index contributed by atoms with van der Waals surface area (Å²) in [6.45, 7) is 9.70. The first-order chi connectivity index (χ1) is 14.2. The van der Waals surface area contributed by atoms with Gasteiger partial charge in [0.25, 0.3) is 0 Å². The van der Waals surface area contributed by atoms with Gasteiger partial charge in [-0.2, -0.15) is 0 Å². The topological polar surface area (TPSA) is 72.7 Å². The largest absolute Gasteiger partial charge is 0.493 e. The van der Waals surface area contributed by atoms with Crippen LogP contribution in [0.3, 0.4) is 0 Å². The summed E-state index contributed by atoms with van der Waals surface area (Å²) in [6, 6.07) is 6.33. The first kappa shape index (κ1) is 21.2. The van der Waals surface area contributed by atoms with E-state index < -0.39 is 0 Å². The van der Waals surface area contributed by atoms with E-state index in [0.29, 0.717) is 19.1 Å². The Bertz CT molecular complexity index is 755. The summed E-state index contributed by atoms with van der Waals surface area (Å²) in [5.74, 6) is 2.24. The third kappa shape index (κ3) is 7.09. The number of nitrogens with one attached hydrogen (secondary N) is 2. The maximum Gasteiger partial charge on any atom is 0.191 e. The molecule has 0 aliphatic carbocycles. The summed E-state index contributed by atoms with van der Waals surface area (Å²) in [5, 5.41) is 6.73. The summed E-state index contributed by atoms with van der Waals surface area (Å²) >= 11 is 0. The molecular formula is C22H33N5O2. The Labute approximate surface area is 173 Å². The van der Waals surface area contributed by atoms with Gasteiger partial charge in [0.2, 0.25) is 0 Å². The molecule has 0 saturated carbocycles. The predicted molar refractivity (Wildman–Crippen MR) is 115 cm³/mol. The molecule has 7 nitrogen and oxygen atoms in total.